The van der Waals surface area contributed by atoms with Crippen LogP contribution in [0.5, 0.6) is 0 Å². The average molecular weight is 379 g/mol. The molecule has 3 rings (SSSR count). The summed E-state index contributed by atoms with van der Waals surface area (Å²) in [4.78, 5) is 34.4. The largest absolute Gasteiger partial charge is 0.353 e. The van der Waals surface area contributed by atoms with E-state index in [4.69, 9.17) is 0 Å². The second-order valence-electron chi connectivity index (χ2n) is 7.49. The zero-order valence-electron chi connectivity index (χ0n) is 15.9. The Kier molecular flexibility index (Phi) is 6.64. The highest BCUT2D eigenvalue weighted by Gasteiger charge is 2.29. The van der Waals surface area contributed by atoms with E-state index >= 15 is 0 Å². The van der Waals surface area contributed by atoms with Crippen molar-refractivity contribution in [3.8, 4) is 0 Å². The molecule has 2 aliphatic rings. The molecule has 0 radical (unpaired) electrons. The van der Waals surface area contributed by atoms with Gasteiger partial charge in [-0.05, 0) is 26.2 Å². The van der Waals surface area contributed by atoms with Crippen molar-refractivity contribution < 1.29 is 9.59 Å². The number of nitrogens with one attached hydrogen (secondary N) is 1. The first-order valence-electron chi connectivity index (χ1n) is 9.82. The maximum atomic E-state index is 13.0. The minimum atomic E-state index is 0.0742. The molecule has 1 atom stereocenters. The van der Waals surface area contributed by atoms with Crippen molar-refractivity contribution in [1.29, 1.82) is 0 Å². The predicted molar refractivity (Wildman–Crippen MR) is 104 cm³/mol. The lowest BCUT2D eigenvalue weighted by atomic mass is 10.0. The summed E-state index contributed by atoms with van der Waals surface area (Å²) in [6.07, 6.45) is 5.73. The van der Waals surface area contributed by atoms with Gasteiger partial charge in [0.1, 0.15) is 4.88 Å². The monoisotopic (exact) mass is 378 g/mol. The molecule has 0 unspecified atom stereocenters. The van der Waals surface area contributed by atoms with E-state index in [2.05, 4.69) is 22.1 Å². The van der Waals surface area contributed by atoms with Crippen molar-refractivity contribution in [3.05, 3.63) is 16.1 Å². The van der Waals surface area contributed by atoms with Crippen LogP contribution in [-0.4, -0.2) is 65.4 Å². The summed E-state index contributed by atoms with van der Waals surface area (Å²) >= 11 is 1.48. The Bertz CT molecular complexity index is 619. The van der Waals surface area contributed by atoms with Crippen LogP contribution >= 0.6 is 11.3 Å². The van der Waals surface area contributed by atoms with E-state index in [0.29, 0.717) is 25.6 Å². The van der Waals surface area contributed by atoms with Gasteiger partial charge in [0.15, 0.2) is 0 Å². The van der Waals surface area contributed by atoms with Crippen molar-refractivity contribution in [2.24, 2.45) is 0 Å². The first kappa shape index (κ1) is 19.3. The number of hydrogen-bond acceptors (Lipinski definition) is 5. The molecule has 1 saturated carbocycles. The molecule has 2 amide bonds. The van der Waals surface area contributed by atoms with Crippen LogP contribution in [0, 0.1) is 0 Å². The molecule has 2 heterocycles. The Morgan fingerprint density at radius 3 is 2.62 bits per heavy atom. The number of thiazole rings is 1. The Balaban J connectivity index is 1.51. The number of hydrogen-bond donors (Lipinski definition) is 1. The second-order valence-corrected chi connectivity index (χ2v) is 8.35. The molecule has 1 aromatic heterocycles. The molecule has 0 aromatic carbocycles. The summed E-state index contributed by atoms with van der Waals surface area (Å²) in [6, 6.07) is 0.214. The van der Waals surface area contributed by atoms with Crippen molar-refractivity contribution in [2.75, 3.05) is 32.7 Å². The molecule has 1 aliphatic carbocycles. The Morgan fingerprint density at radius 2 is 1.96 bits per heavy atom. The van der Waals surface area contributed by atoms with Crippen LogP contribution < -0.4 is 5.32 Å². The molecule has 1 aromatic rings. The molecule has 6 nitrogen and oxygen atoms in total. The van der Waals surface area contributed by atoms with E-state index in [9.17, 15) is 9.59 Å². The van der Waals surface area contributed by atoms with Crippen LogP contribution in [-0.2, 0) is 4.79 Å². The van der Waals surface area contributed by atoms with Crippen LogP contribution in [0.25, 0.3) is 0 Å². The van der Waals surface area contributed by atoms with E-state index in [0.717, 1.165) is 42.9 Å². The van der Waals surface area contributed by atoms with Crippen molar-refractivity contribution in [3.63, 3.8) is 0 Å². The van der Waals surface area contributed by atoms with Gasteiger partial charge in [-0.15, -0.1) is 11.3 Å². The predicted octanol–water partition coefficient (Wildman–Crippen LogP) is 2.47. The highest BCUT2D eigenvalue weighted by Crippen LogP contribution is 2.36. The van der Waals surface area contributed by atoms with Crippen molar-refractivity contribution >= 4 is 23.2 Å². The average Bonchev–Trinajstić information content (AvgIpc) is 3.32. The van der Waals surface area contributed by atoms with Crippen LogP contribution in [0.1, 0.15) is 67.2 Å². The highest BCUT2D eigenvalue weighted by atomic mass is 32.1. The zero-order valence-corrected chi connectivity index (χ0v) is 16.7. The Morgan fingerprint density at radius 1 is 1.27 bits per heavy atom. The smallest absolute Gasteiger partial charge is 0.265 e. The van der Waals surface area contributed by atoms with E-state index in [1.807, 2.05) is 17.3 Å². The third-order valence-electron chi connectivity index (χ3n) is 5.58. The molecule has 1 aliphatic heterocycles. The Labute approximate surface area is 160 Å². The van der Waals surface area contributed by atoms with E-state index in [1.165, 1.54) is 24.2 Å². The highest BCUT2D eigenvalue weighted by molar-refractivity contribution is 7.11. The first-order valence-corrected chi connectivity index (χ1v) is 10.7. The minimum absolute atomic E-state index is 0.0742. The molecule has 26 heavy (non-hydrogen) atoms. The summed E-state index contributed by atoms with van der Waals surface area (Å²) in [5, 5.41) is 3.00. The summed E-state index contributed by atoms with van der Waals surface area (Å²) in [6.45, 7) is 7.35. The van der Waals surface area contributed by atoms with E-state index in [1.54, 1.807) is 0 Å². The van der Waals surface area contributed by atoms with Gasteiger partial charge in [-0.2, -0.15) is 0 Å². The van der Waals surface area contributed by atoms with Crippen LogP contribution in [0.2, 0.25) is 0 Å². The van der Waals surface area contributed by atoms with Gasteiger partial charge in [-0.25, -0.2) is 4.98 Å². The lowest BCUT2D eigenvalue weighted by Crippen LogP contribution is -2.51. The van der Waals surface area contributed by atoms with Gasteiger partial charge in [-0.1, -0.05) is 19.8 Å². The van der Waals surface area contributed by atoms with Gasteiger partial charge in [0.2, 0.25) is 5.91 Å². The Hall–Kier alpha value is -1.47. The fourth-order valence-corrected chi connectivity index (χ4v) is 4.62. The van der Waals surface area contributed by atoms with Gasteiger partial charge >= 0.3 is 0 Å². The van der Waals surface area contributed by atoms with E-state index < -0.39 is 0 Å². The molecule has 0 spiro atoms. The number of carbonyl (C=O) groups is 2. The minimum Gasteiger partial charge on any atom is -0.353 e. The van der Waals surface area contributed by atoms with Gasteiger partial charge in [0.05, 0.1) is 17.7 Å². The van der Waals surface area contributed by atoms with Gasteiger partial charge in [0, 0.05) is 38.1 Å². The summed E-state index contributed by atoms with van der Waals surface area (Å²) < 4.78 is 0. The molecule has 1 N–H and O–H groups in total. The van der Waals surface area contributed by atoms with Gasteiger partial charge in [-0.3, -0.25) is 14.5 Å². The fraction of sp³-hybridized carbons (Fsp3) is 0.737. The fourth-order valence-electron chi connectivity index (χ4n) is 3.78. The normalized spacial score (nSPS) is 20.3. The molecule has 2 fully saturated rings. The SMILES string of the molecule is CC[C@H](C)NC(=O)CN1CCN(C(=O)c2scnc2C2CCCC2)CC1. The molecular weight excluding hydrogens is 348 g/mol. The first-order chi connectivity index (χ1) is 12.6. The molecular formula is C19H30N4O2S. The van der Waals surface area contributed by atoms with Crippen LogP contribution in [0.15, 0.2) is 5.51 Å². The van der Waals surface area contributed by atoms with E-state index in [-0.39, 0.29) is 17.9 Å². The quantitative estimate of drug-likeness (QED) is 0.826. The molecule has 0 bridgehead atoms. The van der Waals surface area contributed by atoms with Crippen molar-refractivity contribution in [2.45, 2.75) is 57.9 Å². The number of piperazine rings is 1. The number of carbonyl (C=O) groups excluding carboxylic acids is 2. The summed E-state index contributed by atoms with van der Waals surface area (Å²) in [7, 11) is 0. The maximum absolute atomic E-state index is 13.0. The standard InChI is InChI=1S/C19H30N4O2S/c1-3-14(2)21-16(24)12-22-8-10-23(11-9-22)19(25)18-17(20-13-26-18)15-6-4-5-7-15/h13-15H,3-12H2,1-2H3,(H,21,24)/t14-/m0/s1. The summed E-state index contributed by atoms with van der Waals surface area (Å²) in [5.41, 5.74) is 2.84. The molecule has 7 heteroatoms. The van der Waals surface area contributed by atoms with Gasteiger partial charge < -0.3 is 10.2 Å². The third-order valence-corrected chi connectivity index (χ3v) is 6.41. The molecule has 1 saturated heterocycles. The lowest BCUT2D eigenvalue weighted by molar-refractivity contribution is -0.123. The number of rotatable bonds is 6. The summed E-state index contributed by atoms with van der Waals surface area (Å²) in [5.74, 6) is 0.661. The lowest BCUT2D eigenvalue weighted by Gasteiger charge is -2.34. The number of aromatic nitrogens is 1. The third kappa shape index (κ3) is 4.62. The second kappa shape index (κ2) is 8.95. The van der Waals surface area contributed by atoms with Crippen molar-refractivity contribution in [1.82, 2.24) is 20.1 Å². The zero-order chi connectivity index (χ0) is 18.5. The topological polar surface area (TPSA) is 65.5 Å². The number of nitrogens with zero attached hydrogens (tertiary/aromatic N) is 3. The molecule has 144 valence electrons. The van der Waals surface area contributed by atoms with Crippen LogP contribution in [0.3, 0.4) is 0 Å². The number of amides is 2. The van der Waals surface area contributed by atoms with Gasteiger partial charge in [0.25, 0.3) is 5.91 Å². The maximum Gasteiger partial charge on any atom is 0.265 e. The van der Waals surface area contributed by atoms with Crippen LogP contribution in [0.4, 0.5) is 0 Å².